The lowest BCUT2D eigenvalue weighted by atomic mass is 9.88. The summed E-state index contributed by atoms with van der Waals surface area (Å²) in [6.07, 6.45) is -3.97. The fourth-order valence-corrected chi connectivity index (χ4v) is 4.11. The zero-order valence-corrected chi connectivity index (χ0v) is 17.0. The number of Topliss-reactive ketones (excluding diaryl/α,β-unsaturated/α-hetero) is 1. The van der Waals surface area contributed by atoms with Crippen LogP contribution >= 0.6 is 0 Å². The molecule has 1 fully saturated rings. The van der Waals surface area contributed by atoms with Crippen LogP contribution in [-0.2, 0) is 16.2 Å². The van der Waals surface area contributed by atoms with Gasteiger partial charge in [0.05, 0.1) is 17.6 Å². The smallest absolute Gasteiger partial charge is 0.418 e. The quantitative estimate of drug-likeness (QED) is 0.717. The first-order valence-electron chi connectivity index (χ1n) is 9.18. The first-order chi connectivity index (χ1) is 14.0. The average molecular weight is 442 g/mol. The molecule has 0 aromatic heterocycles. The molecule has 2 aromatic rings. The number of hydrogen-bond donors (Lipinski definition) is 1. The number of benzene rings is 2. The highest BCUT2D eigenvalue weighted by atomic mass is 32.2. The van der Waals surface area contributed by atoms with Crippen LogP contribution in [0, 0.1) is 5.92 Å². The lowest BCUT2D eigenvalue weighted by Gasteiger charge is -2.34. The minimum absolute atomic E-state index is 0.0575. The van der Waals surface area contributed by atoms with Crippen molar-refractivity contribution in [3.05, 3.63) is 53.6 Å². The lowest BCUT2D eigenvalue weighted by molar-refractivity contribution is -0.137. The second-order valence-corrected chi connectivity index (χ2v) is 8.64. The van der Waals surface area contributed by atoms with Crippen LogP contribution in [0.3, 0.4) is 0 Å². The minimum Gasteiger partial charge on any atom is -0.497 e. The summed E-state index contributed by atoms with van der Waals surface area (Å²) in [5.74, 6) is 0.273. The van der Waals surface area contributed by atoms with Crippen LogP contribution in [0.1, 0.15) is 28.8 Å². The van der Waals surface area contributed by atoms with E-state index in [1.807, 2.05) is 0 Å². The third-order valence-corrected chi connectivity index (χ3v) is 6.09. The molecule has 1 aliphatic heterocycles. The van der Waals surface area contributed by atoms with Gasteiger partial charge < -0.3 is 9.64 Å². The third kappa shape index (κ3) is 4.76. The Hall–Kier alpha value is -2.59. The molecule has 0 amide bonds. The predicted molar refractivity (Wildman–Crippen MR) is 105 cm³/mol. The average Bonchev–Trinajstić information content (AvgIpc) is 2.72. The molecule has 3 rings (SSSR count). The second kappa shape index (κ2) is 8.27. The van der Waals surface area contributed by atoms with Gasteiger partial charge in [-0.1, -0.05) is 0 Å². The highest BCUT2D eigenvalue weighted by Crippen LogP contribution is 2.39. The molecule has 0 aliphatic carbocycles. The van der Waals surface area contributed by atoms with Crippen molar-refractivity contribution < 1.29 is 31.1 Å². The summed E-state index contributed by atoms with van der Waals surface area (Å²) in [5.41, 5.74) is -0.651. The van der Waals surface area contributed by atoms with E-state index in [9.17, 15) is 26.4 Å². The molecule has 0 unspecified atom stereocenters. The molecule has 0 bridgehead atoms. The summed E-state index contributed by atoms with van der Waals surface area (Å²) >= 11 is 0. The Bertz CT molecular complexity index is 1030. The van der Waals surface area contributed by atoms with E-state index in [2.05, 4.69) is 0 Å². The molecule has 1 heterocycles. The van der Waals surface area contributed by atoms with Gasteiger partial charge in [-0.25, -0.2) is 13.6 Å². The Kier molecular flexibility index (Phi) is 6.09. The number of alkyl halides is 3. The molecular formula is C20H21F3N2O4S. The van der Waals surface area contributed by atoms with Gasteiger partial charge in [-0.3, -0.25) is 4.79 Å². The van der Waals surface area contributed by atoms with Crippen LogP contribution in [0.2, 0.25) is 0 Å². The summed E-state index contributed by atoms with van der Waals surface area (Å²) in [6.45, 7) is 0.481. The molecule has 2 N–H and O–H groups in total. The number of hydrogen-bond acceptors (Lipinski definition) is 5. The Morgan fingerprint density at radius 3 is 2.20 bits per heavy atom. The molecule has 30 heavy (non-hydrogen) atoms. The van der Waals surface area contributed by atoms with E-state index in [-0.39, 0.29) is 30.5 Å². The third-order valence-electron chi connectivity index (χ3n) is 5.18. The Morgan fingerprint density at radius 2 is 1.70 bits per heavy atom. The molecule has 1 saturated heterocycles. The van der Waals surface area contributed by atoms with Crippen molar-refractivity contribution in [1.29, 1.82) is 0 Å². The molecular weight excluding hydrogens is 421 g/mol. The zero-order valence-electron chi connectivity index (χ0n) is 16.1. The van der Waals surface area contributed by atoms with Gasteiger partial charge in [-0.15, -0.1) is 0 Å². The van der Waals surface area contributed by atoms with Crippen molar-refractivity contribution in [3.63, 3.8) is 0 Å². The second-order valence-electron chi connectivity index (χ2n) is 7.08. The number of rotatable bonds is 5. The Labute approximate surface area is 172 Å². The maximum absolute atomic E-state index is 13.5. The number of nitrogens with two attached hydrogens (primary N) is 1. The molecule has 2 aromatic carbocycles. The SMILES string of the molecule is COc1ccc(C(=O)C2CCN(c3ccc(S(N)(=O)=O)cc3C(F)(F)F)CC2)cc1. The Balaban J connectivity index is 1.78. The number of ketones is 1. The van der Waals surface area contributed by atoms with E-state index in [4.69, 9.17) is 9.88 Å². The number of halogens is 3. The lowest BCUT2D eigenvalue weighted by Crippen LogP contribution is -2.37. The number of primary sulfonamides is 1. The van der Waals surface area contributed by atoms with Gasteiger partial charge in [-0.2, -0.15) is 13.2 Å². The van der Waals surface area contributed by atoms with Crippen LogP contribution in [0.15, 0.2) is 47.4 Å². The van der Waals surface area contributed by atoms with E-state index in [0.717, 1.165) is 12.1 Å². The topological polar surface area (TPSA) is 89.7 Å². The highest BCUT2D eigenvalue weighted by Gasteiger charge is 2.37. The van der Waals surface area contributed by atoms with Crippen molar-refractivity contribution in [2.45, 2.75) is 23.9 Å². The summed E-state index contributed by atoms with van der Waals surface area (Å²) in [5, 5.41) is 4.97. The molecule has 0 spiro atoms. The van der Waals surface area contributed by atoms with Crippen molar-refractivity contribution >= 4 is 21.5 Å². The molecule has 10 heteroatoms. The van der Waals surface area contributed by atoms with Gasteiger partial charge >= 0.3 is 6.18 Å². The van der Waals surface area contributed by atoms with Gasteiger partial charge in [0.25, 0.3) is 0 Å². The van der Waals surface area contributed by atoms with Crippen molar-refractivity contribution in [2.24, 2.45) is 11.1 Å². The minimum atomic E-state index is -4.74. The Morgan fingerprint density at radius 1 is 1.10 bits per heavy atom. The number of sulfonamides is 1. The number of carbonyl (C=O) groups is 1. The van der Waals surface area contributed by atoms with E-state index < -0.39 is 26.7 Å². The predicted octanol–water partition coefficient (Wildman–Crippen LogP) is 3.46. The molecule has 1 aliphatic rings. The molecule has 6 nitrogen and oxygen atoms in total. The summed E-state index contributed by atoms with van der Waals surface area (Å²) in [4.78, 5) is 13.6. The first kappa shape index (κ1) is 22.1. The van der Waals surface area contributed by atoms with Gasteiger partial charge in [-0.05, 0) is 55.3 Å². The van der Waals surface area contributed by atoms with Crippen LogP contribution in [0.5, 0.6) is 5.75 Å². The summed E-state index contributed by atoms with van der Waals surface area (Å²) in [6, 6.07) is 9.44. The molecule has 0 atom stereocenters. The monoisotopic (exact) mass is 442 g/mol. The standard InChI is InChI=1S/C20H21F3N2O4S/c1-29-15-4-2-13(3-5-15)19(26)14-8-10-25(11-9-14)18-7-6-16(30(24,27)28)12-17(18)20(21,22)23/h2-7,12,14H,8-11H2,1H3,(H2,24,27,28). The number of anilines is 1. The largest absolute Gasteiger partial charge is 0.497 e. The van der Waals surface area contributed by atoms with E-state index in [1.54, 1.807) is 24.3 Å². The van der Waals surface area contributed by atoms with Gasteiger partial charge in [0.1, 0.15) is 5.75 Å². The van der Waals surface area contributed by atoms with Crippen LogP contribution in [-0.4, -0.2) is 34.4 Å². The van der Waals surface area contributed by atoms with Gasteiger partial charge in [0.15, 0.2) is 5.78 Å². The molecule has 0 radical (unpaired) electrons. The van der Waals surface area contributed by atoms with Gasteiger partial charge in [0, 0.05) is 30.3 Å². The normalized spacial score (nSPS) is 15.8. The first-order valence-corrected chi connectivity index (χ1v) is 10.7. The summed E-state index contributed by atoms with van der Waals surface area (Å²) in [7, 11) is -2.74. The zero-order chi connectivity index (χ0) is 22.1. The molecule has 162 valence electrons. The van der Waals surface area contributed by atoms with Gasteiger partial charge in [0.2, 0.25) is 10.0 Å². The number of ether oxygens (including phenoxy) is 1. The van der Waals surface area contributed by atoms with E-state index in [1.165, 1.54) is 12.0 Å². The van der Waals surface area contributed by atoms with Crippen molar-refractivity contribution in [3.8, 4) is 5.75 Å². The highest BCUT2D eigenvalue weighted by molar-refractivity contribution is 7.89. The number of piperidine rings is 1. The number of methoxy groups -OCH3 is 1. The fourth-order valence-electron chi connectivity index (χ4n) is 3.57. The maximum Gasteiger partial charge on any atom is 0.418 e. The molecule has 0 saturated carbocycles. The van der Waals surface area contributed by atoms with E-state index in [0.29, 0.717) is 30.2 Å². The maximum atomic E-state index is 13.5. The van der Waals surface area contributed by atoms with Crippen LogP contribution in [0.25, 0.3) is 0 Å². The summed E-state index contributed by atoms with van der Waals surface area (Å²) < 4.78 is 68.6. The van der Waals surface area contributed by atoms with Crippen LogP contribution in [0.4, 0.5) is 18.9 Å². The van der Waals surface area contributed by atoms with Crippen molar-refractivity contribution in [1.82, 2.24) is 0 Å². The van der Waals surface area contributed by atoms with Crippen molar-refractivity contribution in [2.75, 3.05) is 25.1 Å². The fraction of sp³-hybridized carbons (Fsp3) is 0.350. The number of carbonyl (C=O) groups excluding carboxylic acids is 1. The van der Waals surface area contributed by atoms with E-state index >= 15 is 0 Å². The number of nitrogens with zero attached hydrogens (tertiary/aromatic N) is 1. The van der Waals surface area contributed by atoms with Crippen LogP contribution < -0.4 is 14.8 Å².